The average molecular weight is 292 g/mol. The first-order valence-electron chi connectivity index (χ1n) is 5.84. The standard InChI is InChI=1S/C13H19Cl2NS/c1-3-9(2)17-8-10(16)7-11-12(14)5-4-6-13(11)15/h4-6,9-10H,3,7-8,16H2,1-2H3. The van der Waals surface area contributed by atoms with E-state index in [1.165, 1.54) is 6.42 Å². The van der Waals surface area contributed by atoms with E-state index in [1.54, 1.807) is 0 Å². The molecule has 0 heterocycles. The normalized spacial score (nSPS) is 14.6. The van der Waals surface area contributed by atoms with Crippen LogP contribution in [0.3, 0.4) is 0 Å². The number of rotatable bonds is 6. The molecule has 0 aliphatic rings. The van der Waals surface area contributed by atoms with Gasteiger partial charge in [0.2, 0.25) is 0 Å². The van der Waals surface area contributed by atoms with Crippen LogP contribution in [-0.2, 0) is 6.42 Å². The van der Waals surface area contributed by atoms with Crippen molar-refractivity contribution >= 4 is 35.0 Å². The predicted molar refractivity (Wildman–Crippen MR) is 80.4 cm³/mol. The van der Waals surface area contributed by atoms with Crippen molar-refractivity contribution < 1.29 is 0 Å². The molecule has 0 aromatic heterocycles. The number of hydrogen-bond donors (Lipinski definition) is 1. The van der Waals surface area contributed by atoms with Crippen molar-refractivity contribution in [3.8, 4) is 0 Å². The van der Waals surface area contributed by atoms with Crippen LogP contribution in [0.25, 0.3) is 0 Å². The fourth-order valence-electron chi connectivity index (χ4n) is 1.45. The summed E-state index contributed by atoms with van der Waals surface area (Å²) in [5.74, 6) is 0.941. The predicted octanol–water partition coefficient (Wildman–Crippen LogP) is 4.39. The maximum absolute atomic E-state index is 6.12. The average Bonchev–Trinajstić information content (AvgIpc) is 2.31. The molecule has 1 nitrogen and oxygen atoms in total. The van der Waals surface area contributed by atoms with Crippen molar-refractivity contribution in [3.63, 3.8) is 0 Å². The van der Waals surface area contributed by atoms with Crippen LogP contribution >= 0.6 is 35.0 Å². The van der Waals surface area contributed by atoms with E-state index in [0.29, 0.717) is 15.3 Å². The molecule has 0 radical (unpaired) electrons. The van der Waals surface area contributed by atoms with Crippen molar-refractivity contribution in [2.24, 2.45) is 5.73 Å². The Bertz CT molecular complexity index is 337. The lowest BCUT2D eigenvalue weighted by Gasteiger charge is -2.15. The highest BCUT2D eigenvalue weighted by atomic mass is 35.5. The van der Waals surface area contributed by atoms with E-state index in [4.69, 9.17) is 28.9 Å². The van der Waals surface area contributed by atoms with E-state index in [0.717, 1.165) is 17.7 Å². The van der Waals surface area contributed by atoms with Gasteiger partial charge in [0.15, 0.2) is 0 Å². The Morgan fingerprint density at radius 2 is 1.88 bits per heavy atom. The zero-order chi connectivity index (χ0) is 12.8. The van der Waals surface area contributed by atoms with Gasteiger partial charge in [-0.05, 0) is 30.5 Å². The maximum Gasteiger partial charge on any atom is 0.0453 e. The minimum Gasteiger partial charge on any atom is -0.327 e. The first-order chi connectivity index (χ1) is 8.04. The van der Waals surface area contributed by atoms with Gasteiger partial charge in [-0.25, -0.2) is 0 Å². The summed E-state index contributed by atoms with van der Waals surface area (Å²) in [6, 6.07) is 5.67. The van der Waals surface area contributed by atoms with Crippen LogP contribution in [0.15, 0.2) is 18.2 Å². The maximum atomic E-state index is 6.12. The van der Waals surface area contributed by atoms with Gasteiger partial charge >= 0.3 is 0 Å². The van der Waals surface area contributed by atoms with Crippen LogP contribution in [0, 0.1) is 0 Å². The Morgan fingerprint density at radius 3 is 2.41 bits per heavy atom. The van der Waals surface area contributed by atoms with E-state index in [9.17, 15) is 0 Å². The van der Waals surface area contributed by atoms with Crippen molar-refractivity contribution in [3.05, 3.63) is 33.8 Å². The van der Waals surface area contributed by atoms with Gasteiger partial charge in [0.25, 0.3) is 0 Å². The van der Waals surface area contributed by atoms with Crippen LogP contribution in [0.5, 0.6) is 0 Å². The summed E-state index contributed by atoms with van der Waals surface area (Å²) in [4.78, 5) is 0. The van der Waals surface area contributed by atoms with Gasteiger partial charge in [0.05, 0.1) is 0 Å². The summed E-state index contributed by atoms with van der Waals surface area (Å²) in [7, 11) is 0. The van der Waals surface area contributed by atoms with Crippen LogP contribution < -0.4 is 5.73 Å². The molecule has 0 fully saturated rings. The Balaban J connectivity index is 2.53. The third kappa shape index (κ3) is 5.09. The Morgan fingerprint density at radius 1 is 1.29 bits per heavy atom. The molecule has 1 rings (SSSR count). The highest BCUT2D eigenvalue weighted by Gasteiger charge is 2.11. The summed E-state index contributed by atoms with van der Waals surface area (Å²) in [5.41, 5.74) is 7.07. The van der Waals surface area contributed by atoms with Crippen molar-refractivity contribution in [2.45, 2.75) is 38.0 Å². The lowest BCUT2D eigenvalue weighted by molar-refractivity contribution is 0.745. The van der Waals surface area contributed by atoms with Crippen LogP contribution in [0.2, 0.25) is 10.0 Å². The first kappa shape index (κ1) is 15.2. The van der Waals surface area contributed by atoms with Crippen molar-refractivity contribution in [2.75, 3.05) is 5.75 Å². The molecule has 2 N–H and O–H groups in total. The summed E-state index contributed by atoms with van der Waals surface area (Å²) < 4.78 is 0. The number of nitrogens with two attached hydrogens (primary N) is 1. The lowest BCUT2D eigenvalue weighted by Crippen LogP contribution is -2.26. The second-order valence-electron chi connectivity index (χ2n) is 4.22. The fourth-order valence-corrected chi connectivity index (χ4v) is 2.94. The first-order valence-corrected chi connectivity index (χ1v) is 7.65. The summed E-state index contributed by atoms with van der Waals surface area (Å²) in [5, 5.41) is 2.07. The molecular weight excluding hydrogens is 273 g/mol. The Kier molecular flexibility index (Phi) is 6.71. The monoisotopic (exact) mass is 291 g/mol. The Hall–Kier alpha value is 0.110. The van der Waals surface area contributed by atoms with Gasteiger partial charge in [0, 0.05) is 27.1 Å². The van der Waals surface area contributed by atoms with E-state index >= 15 is 0 Å². The fraction of sp³-hybridized carbons (Fsp3) is 0.538. The van der Waals surface area contributed by atoms with E-state index in [2.05, 4.69) is 13.8 Å². The van der Waals surface area contributed by atoms with E-state index in [-0.39, 0.29) is 6.04 Å². The topological polar surface area (TPSA) is 26.0 Å². The third-order valence-corrected chi connectivity index (χ3v) is 4.93. The molecule has 4 heteroatoms. The van der Waals surface area contributed by atoms with Crippen molar-refractivity contribution in [1.82, 2.24) is 0 Å². The van der Waals surface area contributed by atoms with E-state index < -0.39 is 0 Å². The van der Waals surface area contributed by atoms with Gasteiger partial charge in [-0.1, -0.05) is 43.1 Å². The highest BCUT2D eigenvalue weighted by Crippen LogP contribution is 2.26. The largest absolute Gasteiger partial charge is 0.327 e. The quantitative estimate of drug-likeness (QED) is 0.841. The molecule has 0 bridgehead atoms. The molecule has 0 aliphatic carbocycles. The smallest absolute Gasteiger partial charge is 0.0453 e. The molecule has 0 saturated carbocycles. The minimum absolute atomic E-state index is 0.103. The van der Waals surface area contributed by atoms with Gasteiger partial charge in [0.1, 0.15) is 0 Å². The number of benzene rings is 1. The number of thioether (sulfide) groups is 1. The SMILES string of the molecule is CCC(C)SCC(N)Cc1c(Cl)cccc1Cl. The second kappa shape index (κ2) is 7.52. The molecule has 0 spiro atoms. The molecule has 0 amide bonds. The highest BCUT2D eigenvalue weighted by molar-refractivity contribution is 7.99. The number of halogens is 2. The molecule has 1 aromatic rings. The molecule has 0 saturated heterocycles. The second-order valence-corrected chi connectivity index (χ2v) is 6.50. The Labute approximate surface area is 118 Å². The van der Waals surface area contributed by atoms with Gasteiger partial charge < -0.3 is 5.73 Å². The summed E-state index contributed by atoms with van der Waals surface area (Å²) in [6.45, 7) is 4.41. The van der Waals surface area contributed by atoms with Gasteiger partial charge in [-0.2, -0.15) is 11.8 Å². The minimum atomic E-state index is 0.103. The molecule has 1 aromatic carbocycles. The van der Waals surface area contributed by atoms with Crippen LogP contribution in [0.4, 0.5) is 0 Å². The molecule has 96 valence electrons. The zero-order valence-electron chi connectivity index (χ0n) is 10.2. The lowest BCUT2D eigenvalue weighted by atomic mass is 10.1. The van der Waals surface area contributed by atoms with Crippen LogP contribution in [0.1, 0.15) is 25.8 Å². The zero-order valence-corrected chi connectivity index (χ0v) is 12.6. The molecular formula is C13H19Cl2NS. The van der Waals surface area contributed by atoms with Crippen molar-refractivity contribution in [1.29, 1.82) is 0 Å². The molecule has 2 unspecified atom stereocenters. The number of hydrogen-bond acceptors (Lipinski definition) is 2. The molecule has 17 heavy (non-hydrogen) atoms. The molecule has 0 aliphatic heterocycles. The summed E-state index contributed by atoms with van der Waals surface area (Å²) in [6.07, 6.45) is 1.91. The van der Waals surface area contributed by atoms with E-state index in [1.807, 2.05) is 30.0 Å². The summed E-state index contributed by atoms with van der Waals surface area (Å²) >= 11 is 14.1. The molecule has 2 atom stereocenters. The van der Waals surface area contributed by atoms with Gasteiger partial charge in [-0.15, -0.1) is 0 Å². The third-order valence-electron chi connectivity index (χ3n) is 2.70. The van der Waals surface area contributed by atoms with Crippen LogP contribution in [-0.4, -0.2) is 17.0 Å². The van der Waals surface area contributed by atoms with Gasteiger partial charge in [-0.3, -0.25) is 0 Å².